The van der Waals surface area contributed by atoms with Crippen LogP contribution in [0.15, 0.2) is 18.3 Å². The van der Waals surface area contributed by atoms with E-state index in [0.717, 1.165) is 28.8 Å². The molecule has 0 unspecified atom stereocenters. The van der Waals surface area contributed by atoms with Crippen LogP contribution in [0.5, 0.6) is 0 Å². The van der Waals surface area contributed by atoms with Gasteiger partial charge in [-0.25, -0.2) is 0 Å². The highest BCUT2D eigenvalue weighted by Crippen LogP contribution is 2.25. The number of pyridine rings is 1. The van der Waals surface area contributed by atoms with Gasteiger partial charge < -0.3 is 4.74 Å². The number of nitrogens with zero attached hydrogens (tertiary/aromatic N) is 3. The second kappa shape index (κ2) is 5.10. The van der Waals surface area contributed by atoms with Crippen molar-refractivity contribution in [2.75, 3.05) is 7.11 Å². The van der Waals surface area contributed by atoms with Gasteiger partial charge in [-0.1, -0.05) is 0 Å². The Morgan fingerprint density at radius 3 is 2.78 bits per heavy atom. The predicted octanol–water partition coefficient (Wildman–Crippen LogP) is 1.75. The second-order valence-corrected chi connectivity index (χ2v) is 4.08. The lowest BCUT2D eigenvalue weighted by Crippen LogP contribution is -1.97. The molecule has 0 aromatic carbocycles. The Bertz CT molecular complexity index is 558. The van der Waals surface area contributed by atoms with E-state index in [-0.39, 0.29) is 0 Å². The zero-order chi connectivity index (χ0) is 13.1. The third kappa shape index (κ3) is 2.17. The Morgan fingerprint density at radius 2 is 2.22 bits per heavy atom. The third-order valence-corrected chi connectivity index (χ3v) is 2.76. The minimum absolute atomic E-state index is 0.352. The molecule has 0 bridgehead atoms. The molecular formula is C13H15N3O2. The average molecular weight is 245 g/mol. The van der Waals surface area contributed by atoms with Crippen molar-refractivity contribution in [3.05, 3.63) is 35.3 Å². The first-order chi connectivity index (χ1) is 8.67. The van der Waals surface area contributed by atoms with Gasteiger partial charge >= 0.3 is 0 Å². The summed E-state index contributed by atoms with van der Waals surface area (Å²) in [6.45, 7) is 2.28. The summed E-state index contributed by atoms with van der Waals surface area (Å²) in [6.07, 6.45) is 2.53. The summed E-state index contributed by atoms with van der Waals surface area (Å²) in [5.74, 6) is 0. The van der Waals surface area contributed by atoms with Gasteiger partial charge in [0.05, 0.1) is 12.3 Å². The smallest absolute Gasteiger partial charge is 0.170 e. The molecule has 5 nitrogen and oxygen atoms in total. The molecule has 0 saturated carbocycles. The Labute approximate surface area is 105 Å². The van der Waals surface area contributed by atoms with Gasteiger partial charge in [-0.2, -0.15) is 5.10 Å². The molecule has 0 radical (unpaired) electrons. The SMILES string of the molecule is COCc1c(C=O)nn(C)c1-c1ccc(C)nc1. The molecule has 94 valence electrons. The van der Waals surface area contributed by atoms with Crippen molar-refractivity contribution in [3.63, 3.8) is 0 Å². The van der Waals surface area contributed by atoms with Crippen molar-refractivity contribution in [2.24, 2.45) is 7.05 Å². The van der Waals surface area contributed by atoms with Crippen LogP contribution >= 0.6 is 0 Å². The molecule has 0 atom stereocenters. The largest absolute Gasteiger partial charge is 0.380 e. The van der Waals surface area contributed by atoms with Crippen LogP contribution in [0.4, 0.5) is 0 Å². The van der Waals surface area contributed by atoms with Crippen molar-refractivity contribution in [2.45, 2.75) is 13.5 Å². The minimum atomic E-state index is 0.352. The van der Waals surface area contributed by atoms with Gasteiger partial charge in [0.15, 0.2) is 6.29 Å². The summed E-state index contributed by atoms with van der Waals surface area (Å²) in [5.41, 5.74) is 3.95. The van der Waals surface area contributed by atoms with E-state index in [0.29, 0.717) is 12.3 Å². The van der Waals surface area contributed by atoms with Crippen LogP contribution in [0.1, 0.15) is 21.7 Å². The summed E-state index contributed by atoms with van der Waals surface area (Å²) in [7, 11) is 3.40. The van der Waals surface area contributed by atoms with Crippen molar-refractivity contribution >= 4 is 6.29 Å². The van der Waals surface area contributed by atoms with E-state index < -0.39 is 0 Å². The molecule has 0 saturated heterocycles. The maximum Gasteiger partial charge on any atom is 0.170 e. The molecule has 0 aliphatic heterocycles. The van der Waals surface area contributed by atoms with Crippen LogP contribution in [-0.2, 0) is 18.4 Å². The number of methoxy groups -OCH3 is 1. The first-order valence-electron chi connectivity index (χ1n) is 5.60. The predicted molar refractivity (Wildman–Crippen MR) is 67.3 cm³/mol. The number of rotatable bonds is 4. The van der Waals surface area contributed by atoms with Gasteiger partial charge in [-0.3, -0.25) is 14.5 Å². The lowest BCUT2D eigenvalue weighted by Gasteiger charge is -2.06. The number of aromatic nitrogens is 3. The first kappa shape index (κ1) is 12.4. The van der Waals surface area contributed by atoms with E-state index >= 15 is 0 Å². The molecule has 0 aliphatic rings. The molecular weight excluding hydrogens is 230 g/mol. The summed E-state index contributed by atoms with van der Waals surface area (Å²) in [6, 6.07) is 3.90. The summed E-state index contributed by atoms with van der Waals surface area (Å²) in [5, 5.41) is 4.19. The molecule has 2 heterocycles. The number of carbonyl (C=O) groups is 1. The molecule has 2 rings (SSSR count). The van der Waals surface area contributed by atoms with E-state index in [4.69, 9.17) is 4.74 Å². The maximum atomic E-state index is 11.0. The summed E-state index contributed by atoms with van der Waals surface area (Å²) >= 11 is 0. The topological polar surface area (TPSA) is 57.0 Å². The Morgan fingerprint density at radius 1 is 1.44 bits per heavy atom. The average Bonchev–Trinajstić information content (AvgIpc) is 2.68. The van der Waals surface area contributed by atoms with E-state index in [1.54, 1.807) is 25.0 Å². The lowest BCUT2D eigenvalue weighted by atomic mass is 10.1. The fourth-order valence-electron chi connectivity index (χ4n) is 1.94. The van der Waals surface area contributed by atoms with Crippen LogP contribution in [0.2, 0.25) is 0 Å². The molecule has 0 N–H and O–H groups in total. The zero-order valence-electron chi connectivity index (χ0n) is 10.7. The number of aldehydes is 1. The first-order valence-corrected chi connectivity index (χ1v) is 5.60. The fraction of sp³-hybridized carbons (Fsp3) is 0.308. The Hall–Kier alpha value is -2.01. The molecule has 2 aromatic heterocycles. The highest BCUT2D eigenvalue weighted by atomic mass is 16.5. The van der Waals surface area contributed by atoms with Crippen molar-refractivity contribution < 1.29 is 9.53 Å². The normalized spacial score (nSPS) is 10.6. The number of aryl methyl sites for hydroxylation is 2. The van der Waals surface area contributed by atoms with E-state index in [1.165, 1.54) is 0 Å². The van der Waals surface area contributed by atoms with Crippen molar-refractivity contribution in [3.8, 4) is 11.3 Å². The third-order valence-electron chi connectivity index (χ3n) is 2.76. The number of ether oxygens (including phenoxy) is 1. The molecule has 0 fully saturated rings. The fourth-order valence-corrected chi connectivity index (χ4v) is 1.94. The quantitative estimate of drug-likeness (QED) is 0.770. The summed E-state index contributed by atoms with van der Waals surface area (Å²) in [4.78, 5) is 15.3. The van der Waals surface area contributed by atoms with Crippen LogP contribution in [0.25, 0.3) is 11.3 Å². The molecule has 0 aliphatic carbocycles. The minimum Gasteiger partial charge on any atom is -0.380 e. The number of hydrogen-bond acceptors (Lipinski definition) is 4. The summed E-state index contributed by atoms with van der Waals surface area (Å²) < 4.78 is 6.82. The van der Waals surface area contributed by atoms with Crippen LogP contribution < -0.4 is 0 Å². The second-order valence-electron chi connectivity index (χ2n) is 4.08. The van der Waals surface area contributed by atoms with Crippen LogP contribution in [0.3, 0.4) is 0 Å². The van der Waals surface area contributed by atoms with E-state index in [2.05, 4.69) is 10.1 Å². The Balaban J connectivity index is 2.58. The molecule has 0 amide bonds. The molecule has 0 spiro atoms. The highest BCUT2D eigenvalue weighted by Gasteiger charge is 2.17. The standard InChI is InChI=1S/C13H15N3O2/c1-9-4-5-10(6-14-9)13-11(8-18-3)12(7-17)15-16(13)2/h4-7H,8H2,1-3H3. The van der Waals surface area contributed by atoms with Crippen LogP contribution in [0, 0.1) is 6.92 Å². The van der Waals surface area contributed by atoms with Crippen molar-refractivity contribution in [1.29, 1.82) is 0 Å². The van der Waals surface area contributed by atoms with Gasteiger partial charge in [-0.15, -0.1) is 0 Å². The van der Waals surface area contributed by atoms with E-state index in [1.807, 2.05) is 19.1 Å². The Kier molecular flexibility index (Phi) is 3.53. The van der Waals surface area contributed by atoms with Gasteiger partial charge in [0.1, 0.15) is 5.69 Å². The number of carbonyl (C=O) groups excluding carboxylic acids is 1. The van der Waals surface area contributed by atoms with Crippen LogP contribution in [-0.4, -0.2) is 28.2 Å². The van der Waals surface area contributed by atoms with E-state index in [9.17, 15) is 4.79 Å². The monoisotopic (exact) mass is 245 g/mol. The molecule has 18 heavy (non-hydrogen) atoms. The molecule has 5 heteroatoms. The van der Waals surface area contributed by atoms with Gasteiger partial charge in [0.2, 0.25) is 0 Å². The number of hydrogen-bond donors (Lipinski definition) is 0. The lowest BCUT2D eigenvalue weighted by molar-refractivity contribution is 0.111. The molecule has 2 aromatic rings. The van der Waals surface area contributed by atoms with Gasteiger partial charge in [-0.05, 0) is 19.1 Å². The highest BCUT2D eigenvalue weighted by molar-refractivity contribution is 5.79. The van der Waals surface area contributed by atoms with Gasteiger partial charge in [0.25, 0.3) is 0 Å². The zero-order valence-corrected chi connectivity index (χ0v) is 10.7. The van der Waals surface area contributed by atoms with Crippen molar-refractivity contribution in [1.82, 2.24) is 14.8 Å². The van der Waals surface area contributed by atoms with Gasteiger partial charge in [0, 0.05) is 37.2 Å². The maximum absolute atomic E-state index is 11.0.